The van der Waals surface area contributed by atoms with Crippen LogP contribution in [0.2, 0.25) is 0 Å². The number of carbonyl (C=O) groups excluding carboxylic acids is 1. The molecule has 0 aliphatic heterocycles. The quantitative estimate of drug-likeness (QED) is 0.369. The lowest BCUT2D eigenvalue weighted by Crippen LogP contribution is -2.12. The first kappa shape index (κ1) is 18.0. The minimum Gasteiger partial charge on any atom is -0.298 e. The molecule has 1 amide bonds. The zero-order chi connectivity index (χ0) is 20.0. The van der Waals surface area contributed by atoms with Crippen LogP contribution in [-0.4, -0.2) is 15.9 Å². The molecule has 0 saturated heterocycles. The average molecular weight is 416 g/mol. The fourth-order valence-electron chi connectivity index (χ4n) is 3.36. The van der Waals surface area contributed by atoms with Gasteiger partial charge in [-0.15, -0.1) is 11.3 Å². The highest BCUT2D eigenvalue weighted by Crippen LogP contribution is 2.31. The van der Waals surface area contributed by atoms with Gasteiger partial charge < -0.3 is 0 Å². The standard InChI is InChI=1S/C23H17N3OS2/c1-13-9-10-20-21(14(13)2)25-23(29-20)26-22(27)16-12-18(19-8-5-11-28-19)24-17-7-4-3-6-15(16)17/h3-12H,1-2H3,(H,25,26,27). The number of benzene rings is 2. The zero-order valence-corrected chi connectivity index (χ0v) is 17.5. The lowest BCUT2D eigenvalue weighted by Gasteiger charge is -2.08. The van der Waals surface area contributed by atoms with E-state index in [4.69, 9.17) is 4.98 Å². The summed E-state index contributed by atoms with van der Waals surface area (Å²) in [4.78, 5) is 23.7. The number of pyridine rings is 1. The zero-order valence-electron chi connectivity index (χ0n) is 15.9. The highest BCUT2D eigenvalue weighted by molar-refractivity contribution is 7.22. The van der Waals surface area contributed by atoms with E-state index in [1.807, 2.05) is 47.8 Å². The monoisotopic (exact) mass is 415 g/mol. The number of hydrogen-bond acceptors (Lipinski definition) is 5. The highest BCUT2D eigenvalue weighted by Gasteiger charge is 2.16. The highest BCUT2D eigenvalue weighted by atomic mass is 32.1. The number of thiazole rings is 1. The van der Waals surface area contributed by atoms with Crippen molar-refractivity contribution in [1.29, 1.82) is 0 Å². The Morgan fingerprint density at radius 2 is 1.86 bits per heavy atom. The summed E-state index contributed by atoms with van der Waals surface area (Å²) in [5.41, 5.74) is 5.50. The van der Waals surface area contributed by atoms with E-state index in [-0.39, 0.29) is 5.91 Å². The van der Waals surface area contributed by atoms with Crippen molar-refractivity contribution in [2.24, 2.45) is 0 Å². The van der Waals surface area contributed by atoms with Crippen molar-refractivity contribution in [3.63, 3.8) is 0 Å². The van der Waals surface area contributed by atoms with Crippen molar-refractivity contribution in [3.05, 3.63) is 76.7 Å². The van der Waals surface area contributed by atoms with Crippen molar-refractivity contribution in [2.75, 3.05) is 5.32 Å². The third-order valence-electron chi connectivity index (χ3n) is 5.04. The molecule has 0 spiro atoms. The molecule has 0 bridgehead atoms. The first-order valence-electron chi connectivity index (χ1n) is 9.22. The predicted molar refractivity (Wildman–Crippen MR) is 122 cm³/mol. The number of fused-ring (bicyclic) bond motifs is 2. The molecule has 4 nitrogen and oxygen atoms in total. The number of carbonyl (C=O) groups is 1. The molecular weight excluding hydrogens is 398 g/mol. The molecule has 2 aromatic carbocycles. The molecule has 29 heavy (non-hydrogen) atoms. The third-order valence-corrected chi connectivity index (χ3v) is 6.87. The van der Waals surface area contributed by atoms with Crippen LogP contribution in [0.1, 0.15) is 21.5 Å². The summed E-state index contributed by atoms with van der Waals surface area (Å²) in [7, 11) is 0. The van der Waals surface area contributed by atoms with Crippen LogP contribution < -0.4 is 5.32 Å². The van der Waals surface area contributed by atoms with Crippen LogP contribution in [0, 0.1) is 13.8 Å². The largest absolute Gasteiger partial charge is 0.298 e. The molecule has 0 fully saturated rings. The van der Waals surface area contributed by atoms with Crippen LogP contribution in [0.15, 0.2) is 60.0 Å². The predicted octanol–water partition coefficient (Wildman–Crippen LogP) is 6.44. The van der Waals surface area contributed by atoms with E-state index in [9.17, 15) is 4.79 Å². The Labute approximate surface area is 175 Å². The Bertz CT molecular complexity index is 1370. The number of nitrogens with zero attached hydrogens (tertiary/aromatic N) is 2. The average Bonchev–Trinajstić information content (AvgIpc) is 3.40. The van der Waals surface area contributed by atoms with E-state index in [0.717, 1.165) is 37.3 Å². The molecule has 5 aromatic rings. The number of thiophene rings is 1. The number of nitrogens with one attached hydrogen (secondary N) is 1. The van der Waals surface area contributed by atoms with Crippen LogP contribution in [0.4, 0.5) is 5.13 Å². The van der Waals surface area contributed by atoms with E-state index in [1.165, 1.54) is 16.9 Å². The molecule has 0 atom stereocenters. The second kappa shape index (κ2) is 7.06. The van der Waals surface area contributed by atoms with Crippen molar-refractivity contribution in [3.8, 4) is 10.6 Å². The van der Waals surface area contributed by atoms with Crippen molar-refractivity contribution < 1.29 is 4.79 Å². The maximum absolute atomic E-state index is 13.2. The number of anilines is 1. The van der Waals surface area contributed by atoms with Crippen LogP contribution in [-0.2, 0) is 0 Å². The number of aryl methyl sites for hydroxylation is 2. The fraction of sp³-hybridized carbons (Fsp3) is 0.0870. The normalized spacial score (nSPS) is 11.2. The first-order chi connectivity index (χ1) is 14.1. The van der Waals surface area contributed by atoms with Gasteiger partial charge in [-0.05, 0) is 54.6 Å². The lowest BCUT2D eigenvalue weighted by atomic mass is 10.1. The Hall–Kier alpha value is -3.09. The maximum atomic E-state index is 13.2. The fourth-order valence-corrected chi connectivity index (χ4v) is 4.96. The van der Waals surface area contributed by atoms with Gasteiger partial charge in [0.25, 0.3) is 5.91 Å². The van der Waals surface area contributed by atoms with Gasteiger partial charge in [0.05, 0.1) is 31.9 Å². The summed E-state index contributed by atoms with van der Waals surface area (Å²) in [5.74, 6) is -0.171. The van der Waals surface area contributed by atoms with Gasteiger partial charge in [-0.25, -0.2) is 9.97 Å². The summed E-state index contributed by atoms with van der Waals surface area (Å²) in [6.07, 6.45) is 0. The topological polar surface area (TPSA) is 54.9 Å². The van der Waals surface area contributed by atoms with E-state index < -0.39 is 0 Å². The van der Waals surface area contributed by atoms with Gasteiger partial charge in [0, 0.05) is 5.39 Å². The van der Waals surface area contributed by atoms with Crippen molar-refractivity contribution in [2.45, 2.75) is 13.8 Å². The number of amides is 1. The van der Waals surface area contributed by atoms with Crippen LogP contribution in [0.3, 0.4) is 0 Å². The van der Waals surface area contributed by atoms with E-state index in [2.05, 4.69) is 36.3 Å². The van der Waals surface area contributed by atoms with Crippen LogP contribution >= 0.6 is 22.7 Å². The number of aromatic nitrogens is 2. The SMILES string of the molecule is Cc1ccc2sc(NC(=O)c3cc(-c4cccs4)nc4ccccc34)nc2c1C. The molecule has 3 heterocycles. The molecule has 6 heteroatoms. The summed E-state index contributed by atoms with van der Waals surface area (Å²) in [6, 6.07) is 17.8. The number of para-hydroxylation sites is 1. The maximum Gasteiger partial charge on any atom is 0.258 e. The van der Waals surface area contributed by atoms with Gasteiger partial charge in [-0.3, -0.25) is 10.1 Å². The minimum atomic E-state index is -0.171. The van der Waals surface area contributed by atoms with Gasteiger partial charge >= 0.3 is 0 Å². The molecule has 1 N–H and O–H groups in total. The molecule has 0 aliphatic carbocycles. The second-order valence-electron chi connectivity index (χ2n) is 6.88. The van der Waals surface area contributed by atoms with Crippen LogP contribution in [0.25, 0.3) is 31.7 Å². The summed E-state index contributed by atoms with van der Waals surface area (Å²) in [5, 5.41) is 6.45. The Morgan fingerprint density at radius 3 is 2.69 bits per heavy atom. The molecule has 0 aliphatic rings. The van der Waals surface area contributed by atoms with Crippen LogP contribution in [0.5, 0.6) is 0 Å². The number of rotatable bonds is 3. The Balaban J connectivity index is 1.58. The third kappa shape index (κ3) is 3.20. The summed E-state index contributed by atoms with van der Waals surface area (Å²) < 4.78 is 1.07. The van der Waals surface area contributed by atoms with Gasteiger partial charge in [-0.2, -0.15) is 0 Å². The van der Waals surface area contributed by atoms with E-state index in [0.29, 0.717) is 10.7 Å². The van der Waals surface area contributed by atoms with E-state index in [1.54, 1.807) is 11.3 Å². The Morgan fingerprint density at radius 1 is 1.00 bits per heavy atom. The first-order valence-corrected chi connectivity index (χ1v) is 10.9. The number of hydrogen-bond donors (Lipinski definition) is 1. The summed E-state index contributed by atoms with van der Waals surface area (Å²) in [6.45, 7) is 4.13. The smallest absolute Gasteiger partial charge is 0.258 e. The van der Waals surface area contributed by atoms with Gasteiger partial charge in [-0.1, -0.05) is 41.7 Å². The molecule has 3 aromatic heterocycles. The molecular formula is C23H17N3OS2. The van der Waals surface area contributed by atoms with Gasteiger partial charge in [0.2, 0.25) is 0 Å². The molecule has 5 rings (SSSR count). The van der Waals surface area contributed by atoms with Gasteiger partial charge in [0.1, 0.15) is 0 Å². The second-order valence-corrected chi connectivity index (χ2v) is 8.86. The van der Waals surface area contributed by atoms with Crippen molar-refractivity contribution in [1.82, 2.24) is 9.97 Å². The minimum absolute atomic E-state index is 0.171. The molecule has 0 radical (unpaired) electrons. The molecule has 142 valence electrons. The lowest BCUT2D eigenvalue weighted by molar-refractivity contribution is 0.102. The molecule has 0 saturated carbocycles. The van der Waals surface area contributed by atoms with Crippen molar-refractivity contribution >= 4 is 54.8 Å². The summed E-state index contributed by atoms with van der Waals surface area (Å²) >= 11 is 3.10. The van der Waals surface area contributed by atoms with E-state index >= 15 is 0 Å². The molecule has 0 unspecified atom stereocenters. The Kier molecular flexibility index (Phi) is 4.38. The van der Waals surface area contributed by atoms with Gasteiger partial charge in [0.15, 0.2) is 5.13 Å².